The molecule has 3 amide bonds. The molecule has 3 N–H and O–H groups in total. The molecule has 25 heavy (non-hydrogen) atoms. The quantitative estimate of drug-likeness (QED) is 0.738. The van der Waals surface area contributed by atoms with E-state index in [9.17, 15) is 18.8 Å². The fraction of sp³-hybridized carbons (Fsp3) is 0.471. The van der Waals surface area contributed by atoms with Crippen LogP contribution in [-0.2, 0) is 14.4 Å². The standard InChI is InChI=1S/C17H22FN3O3S/c1-11(22)20-15(10-25-14-6-4-13(18)5-7-14)17(24)21-8-2-3-12(9-21)16(19)23/h4-7,12,15H,2-3,8-10H2,1H3,(H2,19,23)(H,20,22). The van der Waals surface area contributed by atoms with Gasteiger partial charge in [0.25, 0.3) is 0 Å². The molecule has 0 aliphatic carbocycles. The molecule has 1 aromatic rings. The molecule has 0 radical (unpaired) electrons. The Bertz CT molecular complexity index is 639. The summed E-state index contributed by atoms with van der Waals surface area (Å²) >= 11 is 1.36. The number of piperidine rings is 1. The van der Waals surface area contributed by atoms with Crippen LogP contribution in [0, 0.1) is 11.7 Å². The second-order valence-corrected chi connectivity index (χ2v) is 7.14. The van der Waals surface area contributed by atoms with Crippen LogP contribution in [0.5, 0.6) is 0 Å². The van der Waals surface area contributed by atoms with E-state index >= 15 is 0 Å². The first-order valence-corrected chi connectivity index (χ1v) is 9.09. The van der Waals surface area contributed by atoms with Crippen LogP contribution >= 0.6 is 11.8 Å². The molecule has 0 saturated carbocycles. The van der Waals surface area contributed by atoms with Crippen molar-refractivity contribution in [1.82, 2.24) is 10.2 Å². The van der Waals surface area contributed by atoms with Gasteiger partial charge < -0.3 is 16.0 Å². The molecule has 2 atom stereocenters. The van der Waals surface area contributed by atoms with Gasteiger partial charge in [0.2, 0.25) is 17.7 Å². The number of nitrogens with zero attached hydrogens (tertiary/aromatic N) is 1. The summed E-state index contributed by atoms with van der Waals surface area (Å²) in [6.45, 7) is 2.18. The maximum atomic E-state index is 13.0. The molecule has 0 spiro atoms. The fourth-order valence-electron chi connectivity index (χ4n) is 2.76. The number of rotatable bonds is 6. The molecule has 6 nitrogen and oxygen atoms in total. The number of halogens is 1. The van der Waals surface area contributed by atoms with Crippen molar-refractivity contribution in [2.75, 3.05) is 18.8 Å². The van der Waals surface area contributed by atoms with Crippen molar-refractivity contribution in [1.29, 1.82) is 0 Å². The van der Waals surface area contributed by atoms with Crippen LogP contribution in [0.3, 0.4) is 0 Å². The average molecular weight is 367 g/mol. The van der Waals surface area contributed by atoms with Crippen molar-refractivity contribution in [3.8, 4) is 0 Å². The Labute approximate surface area is 150 Å². The van der Waals surface area contributed by atoms with Crippen molar-refractivity contribution in [3.05, 3.63) is 30.1 Å². The van der Waals surface area contributed by atoms with Crippen LogP contribution in [0.4, 0.5) is 4.39 Å². The first-order chi connectivity index (χ1) is 11.9. The Morgan fingerprint density at radius 1 is 1.36 bits per heavy atom. The van der Waals surface area contributed by atoms with Gasteiger partial charge in [0.1, 0.15) is 11.9 Å². The summed E-state index contributed by atoms with van der Waals surface area (Å²) in [5.74, 6) is -1.29. The summed E-state index contributed by atoms with van der Waals surface area (Å²) in [7, 11) is 0. The predicted octanol–water partition coefficient (Wildman–Crippen LogP) is 1.15. The lowest BCUT2D eigenvalue weighted by Gasteiger charge is -2.33. The monoisotopic (exact) mass is 367 g/mol. The number of amides is 3. The summed E-state index contributed by atoms with van der Waals surface area (Å²) in [5.41, 5.74) is 5.35. The molecule has 2 rings (SSSR count). The third kappa shape index (κ3) is 5.74. The Morgan fingerprint density at radius 3 is 2.64 bits per heavy atom. The van der Waals surface area contributed by atoms with Gasteiger partial charge in [-0.2, -0.15) is 0 Å². The molecule has 1 aromatic carbocycles. The number of benzene rings is 1. The number of carbonyl (C=O) groups excluding carboxylic acids is 3. The molecule has 1 aliphatic heterocycles. The first-order valence-electron chi connectivity index (χ1n) is 8.10. The summed E-state index contributed by atoms with van der Waals surface area (Å²) in [6, 6.07) is 5.23. The molecule has 1 heterocycles. The number of hydrogen-bond donors (Lipinski definition) is 2. The van der Waals surface area contributed by atoms with Crippen LogP contribution < -0.4 is 11.1 Å². The lowest BCUT2D eigenvalue weighted by Crippen LogP contribution is -2.53. The number of carbonyl (C=O) groups is 3. The van der Waals surface area contributed by atoms with E-state index in [0.717, 1.165) is 4.90 Å². The van der Waals surface area contributed by atoms with E-state index in [1.807, 2.05) is 0 Å². The molecule has 8 heteroatoms. The number of thioether (sulfide) groups is 1. The van der Waals surface area contributed by atoms with E-state index in [2.05, 4.69) is 5.32 Å². The zero-order valence-electron chi connectivity index (χ0n) is 14.0. The predicted molar refractivity (Wildman–Crippen MR) is 93.2 cm³/mol. The van der Waals surface area contributed by atoms with Gasteiger partial charge in [0, 0.05) is 30.7 Å². The Morgan fingerprint density at radius 2 is 2.04 bits per heavy atom. The zero-order valence-corrected chi connectivity index (χ0v) is 14.9. The molecule has 136 valence electrons. The maximum Gasteiger partial charge on any atom is 0.246 e. The van der Waals surface area contributed by atoms with Gasteiger partial charge >= 0.3 is 0 Å². The van der Waals surface area contributed by atoms with Gasteiger partial charge in [0.05, 0.1) is 5.92 Å². The third-order valence-electron chi connectivity index (χ3n) is 4.04. The Balaban J connectivity index is 2.02. The van der Waals surface area contributed by atoms with Gasteiger partial charge in [-0.25, -0.2) is 4.39 Å². The van der Waals surface area contributed by atoms with Gasteiger partial charge in [0.15, 0.2) is 0 Å². The molecule has 0 bridgehead atoms. The normalized spacial score (nSPS) is 18.5. The lowest BCUT2D eigenvalue weighted by molar-refractivity contribution is -0.138. The molecule has 1 aliphatic rings. The van der Waals surface area contributed by atoms with Crippen molar-refractivity contribution in [2.24, 2.45) is 11.7 Å². The van der Waals surface area contributed by atoms with Crippen molar-refractivity contribution in [2.45, 2.75) is 30.7 Å². The van der Waals surface area contributed by atoms with E-state index < -0.39 is 11.9 Å². The van der Waals surface area contributed by atoms with Gasteiger partial charge in [-0.1, -0.05) is 0 Å². The minimum absolute atomic E-state index is 0.226. The second-order valence-electron chi connectivity index (χ2n) is 6.04. The molecule has 1 fully saturated rings. The lowest BCUT2D eigenvalue weighted by atomic mass is 9.97. The van der Waals surface area contributed by atoms with Gasteiger partial charge in [-0.15, -0.1) is 11.8 Å². The molecule has 2 unspecified atom stereocenters. The summed E-state index contributed by atoms with van der Waals surface area (Å²) in [6.07, 6.45) is 1.38. The summed E-state index contributed by atoms with van der Waals surface area (Å²) < 4.78 is 13.0. The van der Waals surface area contributed by atoms with Crippen molar-refractivity contribution < 1.29 is 18.8 Å². The fourth-order valence-corrected chi connectivity index (χ4v) is 3.67. The zero-order chi connectivity index (χ0) is 18.4. The highest BCUT2D eigenvalue weighted by Crippen LogP contribution is 2.21. The second kappa shape index (κ2) is 8.84. The van der Waals surface area contributed by atoms with E-state index in [-0.39, 0.29) is 30.1 Å². The highest BCUT2D eigenvalue weighted by molar-refractivity contribution is 7.99. The van der Waals surface area contributed by atoms with E-state index in [1.54, 1.807) is 17.0 Å². The summed E-state index contributed by atoms with van der Waals surface area (Å²) in [5, 5.41) is 2.66. The number of nitrogens with two attached hydrogens (primary N) is 1. The molecular weight excluding hydrogens is 345 g/mol. The average Bonchev–Trinajstić information content (AvgIpc) is 2.59. The SMILES string of the molecule is CC(=O)NC(CSc1ccc(F)cc1)C(=O)N1CCCC(C(N)=O)C1. The van der Waals surface area contributed by atoms with Crippen LogP contribution in [0.25, 0.3) is 0 Å². The molecule has 1 saturated heterocycles. The molecule has 0 aromatic heterocycles. The summed E-state index contributed by atoms with van der Waals surface area (Å²) in [4.78, 5) is 38.0. The van der Waals surface area contributed by atoms with E-state index in [1.165, 1.54) is 30.8 Å². The number of hydrogen-bond acceptors (Lipinski definition) is 4. The number of likely N-dealkylation sites (tertiary alicyclic amines) is 1. The number of nitrogens with one attached hydrogen (secondary N) is 1. The van der Waals surface area contributed by atoms with Gasteiger partial charge in [-0.3, -0.25) is 14.4 Å². The van der Waals surface area contributed by atoms with Crippen LogP contribution in [-0.4, -0.2) is 47.5 Å². The van der Waals surface area contributed by atoms with Crippen LogP contribution in [0.15, 0.2) is 29.2 Å². The largest absolute Gasteiger partial charge is 0.369 e. The van der Waals surface area contributed by atoms with Crippen molar-refractivity contribution in [3.63, 3.8) is 0 Å². The van der Waals surface area contributed by atoms with Crippen molar-refractivity contribution >= 4 is 29.5 Å². The van der Waals surface area contributed by atoms with E-state index in [0.29, 0.717) is 25.1 Å². The maximum absolute atomic E-state index is 13.0. The topological polar surface area (TPSA) is 92.5 Å². The Hall–Kier alpha value is -2.09. The third-order valence-corrected chi connectivity index (χ3v) is 5.15. The molecular formula is C17H22FN3O3S. The minimum Gasteiger partial charge on any atom is -0.369 e. The highest BCUT2D eigenvalue weighted by Gasteiger charge is 2.31. The minimum atomic E-state index is -0.709. The number of primary amides is 1. The van der Waals surface area contributed by atoms with Crippen LogP contribution in [0.1, 0.15) is 19.8 Å². The Kier molecular flexibility index (Phi) is 6.81. The van der Waals surface area contributed by atoms with E-state index in [4.69, 9.17) is 5.73 Å². The first kappa shape index (κ1) is 19.2. The van der Waals surface area contributed by atoms with Gasteiger partial charge in [-0.05, 0) is 37.1 Å². The highest BCUT2D eigenvalue weighted by atomic mass is 32.2. The van der Waals surface area contributed by atoms with Crippen LogP contribution in [0.2, 0.25) is 0 Å². The smallest absolute Gasteiger partial charge is 0.246 e.